The van der Waals surface area contributed by atoms with E-state index < -0.39 is 10.0 Å². The Hall–Kier alpha value is -1.07. The van der Waals surface area contributed by atoms with Crippen molar-refractivity contribution in [2.24, 2.45) is 5.41 Å². The number of rotatable bonds is 3. The van der Waals surface area contributed by atoms with Crippen LogP contribution < -0.4 is 10.5 Å². The lowest BCUT2D eigenvalue weighted by atomic mass is 9.92. The van der Waals surface area contributed by atoms with E-state index in [-0.39, 0.29) is 16.4 Å². The average molecular weight is 282 g/mol. The number of benzene rings is 1. The molecular formula is C14H22N2O2S. The standard InChI is InChI=1S/C14H22N2O2S/c1-10-4-5-12(8-13(10)15)19(17,18)16-11-6-7-14(2,3)9-11/h4-5,8,11,16H,6-7,9,15H2,1-3H3. The van der Waals surface area contributed by atoms with Gasteiger partial charge in [0.2, 0.25) is 10.0 Å². The molecular weight excluding hydrogens is 260 g/mol. The van der Waals surface area contributed by atoms with E-state index in [2.05, 4.69) is 18.6 Å². The molecule has 19 heavy (non-hydrogen) atoms. The number of hydrogen-bond donors (Lipinski definition) is 2. The van der Waals surface area contributed by atoms with Crippen molar-refractivity contribution in [3.63, 3.8) is 0 Å². The predicted octanol–water partition coefficient (Wildman–Crippen LogP) is 2.43. The van der Waals surface area contributed by atoms with Crippen LogP contribution in [-0.2, 0) is 10.0 Å². The van der Waals surface area contributed by atoms with Crippen molar-refractivity contribution < 1.29 is 8.42 Å². The number of hydrogen-bond acceptors (Lipinski definition) is 3. The zero-order valence-electron chi connectivity index (χ0n) is 11.7. The monoisotopic (exact) mass is 282 g/mol. The molecule has 1 aliphatic rings. The molecule has 0 aliphatic heterocycles. The summed E-state index contributed by atoms with van der Waals surface area (Å²) in [5, 5.41) is 0. The molecule has 0 heterocycles. The predicted molar refractivity (Wildman–Crippen MR) is 77.3 cm³/mol. The third kappa shape index (κ3) is 3.28. The molecule has 1 unspecified atom stereocenters. The van der Waals surface area contributed by atoms with Crippen LogP contribution in [0.2, 0.25) is 0 Å². The second-order valence-corrected chi connectivity index (χ2v) is 7.96. The van der Waals surface area contributed by atoms with Gasteiger partial charge in [-0.05, 0) is 49.3 Å². The lowest BCUT2D eigenvalue weighted by Crippen LogP contribution is -2.33. The van der Waals surface area contributed by atoms with Gasteiger partial charge in [-0.15, -0.1) is 0 Å². The van der Waals surface area contributed by atoms with Gasteiger partial charge in [-0.3, -0.25) is 0 Å². The van der Waals surface area contributed by atoms with E-state index in [0.717, 1.165) is 24.8 Å². The molecule has 0 radical (unpaired) electrons. The Labute approximate surface area is 115 Å². The highest BCUT2D eigenvalue weighted by molar-refractivity contribution is 7.89. The topological polar surface area (TPSA) is 72.2 Å². The number of nitrogens with two attached hydrogens (primary N) is 1. The van der Waals surface area contributed by atoms with Crippen LogP contribution in [0.4, 0.5) is 5.69 Å². The van der Waals surface area contributed by atoms with Crippen molar-refractivity contribution in [1.82, 2.24) is 4.72 Å². The van der Waals surface area contributed by atoms with Gasteiger partial charge in [0.15, 0.2) is 0 Å². The molecule has 1 aromatic carbocycles. The molecule has 1 aliphatic carbocycles. The molecule has 0 aromatic heterocycles. The van der Waals surface area contributed by atoms with Crippen LogP contribution in [0.3, 0.4) is 0 Å². The van der Waals surface area contributed by atoms with Gasteiger partial charge < -0.3 is 5.73 Å². The molecule has 1 atom stereocenters. The average Bonchev–Trinajstić information content (AvgIpc) is 2.61. The molecule has 106 valence electrons. The van der Waals surface area contributed by atoms with Crippen LogP contribution in [0.1, 0.15) is 38.7 Å². The first-order valence-corrected chi connectivity index (χ1v) is 8.06. The molecule has 0 amide bonds. The Bertz CT molecular complexity index is 579. The lowest BCUT2D eigenvalue weighted by molar-refractivity contribution is 0.372. The Balaban J connectivity index is 2.17. The first-order valence-electron chi connectivity index (χ1n) is 6.58. The Morgan fingerprint density at radius 2 is 2.05 bits per heavy atom. The number of nitrogen functional groups attached to an aromatic ring is 1. The first kappa shape index (κ1) is 14.3. The molecule has 4 nitrogen and oxygen atoms in total. The maximum Gasteiger partial charge on any atom is 0.240 e. The minimum Gasteiger partial charge on any atom is -0.398 e. The van der Waals surface area contributed by atoms with E-state index >= 15 is 0 Å². The van der Waals surface area contributed by atoms with Gasteiger partial charge in [0.05, 0.1) is 4.90 Å². The maximum absolute atomic E-state index is 12.3. The van der Waals surface area contributed by atoms with Crippen molar-refractivity contribution in [2.75, 3.05) is 5.73 Å². The van der Waals surface area contributed by atoms with E-state index in [9.17, 15) is 8.42 Å². The summed E-state index contributed by atoms with van der Waals surface area (Å²) in [6.45, 7) is 6.20. The maximum atomic E-state index is 12.3. The molecule has 0 saturated heterocycles. The zero-order valence-corrected chi connectivity index (χ0v) is 12.5. The first-order chi connectivity index (χ1) is 8.70. The van der Waals surface area contributed by atoms with Crippen molar-refractivity contribution in [3.05, 3.63) is 23.8 Å². The summed E-state index contributed by atoms with van der Waals surface area (Å²) in [5.74, 6) is 0. The Morgan fingerprint density at radius 3 is 2.58 bits per heavy atom. The van der Waals surface area contributed by atoms with Gasteiger partial charge in [-0.25, -0.2) is 13.1 Å². The van der Waals surface area contributed by atoms with E-state index in [4.69, 9.17) is 5.73 Å². The van der Waals surface area contributed by atoms with E-state index in [0.29, 0.717) is 5.69 Å². The fourth-order valence-corrected chi connectivity index (χ4v) is 3.92. The number of aryl methyl sites for hydroxylation is 1. The highest BCUT2D eigenvalue weighted by Crippen LogP contribution is 2.37. The lowest BCUT2D eigenvalue weighted by Gasteiger charge is -2.18. The number of nitrogens with one attached hydrogen (secondary N) is 1. The number of anilines is 1. The molecule has 5 heteroatoms. The van der Waals surface area contributed by atoms with Crippen LogP contribution in [-0.4, -0.2) is 14.5 Å². The van der Waals surface area contributed by atoms with Crippen molar-refractivity contribution in [2.45, 2.75) is 51.0 Å². The minimum atomic E-state index is -3.46. The second-order valence-electron chi connectivity index (χ2n) is 6.24. The summed E-state index contributed by atoms with van der Waals surface area (Å²) in [6, 6.07) is 4.90. The second kappa shape index (κ2) is 4.80. The van der Waals surface area contributed by atoms with Crippen LogP contribution >= 0.6 is 0 Å². The molecule has 1 fully saturated rings. The van der Waals surface area contributed by atoms with Gasteiger partial charge in [0, 0.05) is 11.7 Å². The highest BCUT2D eigenvalue weighted by Gasteiger charge is 2.33. The zero-order chi connectivity index (χ0) is 14.3. The Kier molecular flexibility index (Phi) is 3.62. The van der Waals surface area contributed by atoms with Crippen LogP contribution in [0.25, 0.3) is 0 Å². The third-order valence-corrected chi connectivity index (χ3v) is 5.37. The summed E-state index contributed by atoms with van der Waals surface area (Å²) >= 11 is 0. The third-order valence-electron chi connectivity index (χ3n) is 3.85. The van der Waals surface area contributed by atoms with Gasteiger partial charge in [0.1, 0.15) is 0 Å². The minimum absolute atomic E-state index is 0.0301. The highest BCUT2D eigenvalue weighted by atomic mass is 32.2. The largest absolute Gasteiger partial charge is 0.398 e. The summed E-state index contributed by atoms with van der Waals surface area (Å²) in [4.78, 5) is 0.250. The summed E-state index contributed by atoms with van der Waals surface area (Å²) in [6.07, 6.45) is 2.83. The molecule has 0 bridgehead atoms. The van der Waals surface area contributed by atoms with E-state index in [1.54, 1.807) is 12.1 Å². The quantitative estimate of drug-likeness (QED) is 0.836. The van der Waals surface area contributed by atoms with E-state index in [1.807, 2.05) is 6.92 Å². The Morgan fingerprint density at radius 1 is 1.37 bits per heavy atom. The van der Waals surface area contributed by atoms with Crippen LogP contribution in [0.15, 0.2) is 23.1 Å². The van der Waals surface area contributed by atoms with Gasteiger partial charge >= 0.3 is 0 Å². The summed E-state index contributed by atoms with van der Waals surface area (Å²) < 4.78 is 27.4. The fourth-order valence-electron chi connectivity index (χ4n) is 2.61. The smallest absolute Gasteiger partial charge is 0.240 e. The van der Waals surface area contributed by atoms with Gasteiger partial charge in [0.25, 0.3) is 0 Å². The molecule has 0 spiro atoms. The molecule has 3 N–H and O–H groups in total. The summed E-state index contributed by atoms with van der Waals surface area (Å²) in [7, 11) is -3.46. The van der Waals surface area contributed by atoms with Gasteiger partial charge in [-0.2, -0.15) is 0 Å². The van der Waals surface area contributed by atoms with E-state index in [1.165, 1.54) is 6.07 Å². The normalized spacial score (nSPS) is 22.6. The summed E-state index contributed by atoms with van der Waals surface area (Å²) in [5.41, 5.74) is 7.40. The molecule has 2 rings (SSSR count). The van der Waals surface area contributed by atoms with Crippen molar-refractivity contribution >= 4 is 15.7 Å². The van der Waals surface area contributed by atoms with Crippen molar-refractivity contribution in [1.29, 1.82) is 0 Å². The fraction of sp³-hybridized carbons (Fsp3) is 0.571. The van der Waals surface area contributed by atoms with Crippen molar-refractivity contribution in [3.8, 4) is 0 Å². The van der Waals surface area contributed by atoms with Crippen LogP contribution in [0.5, 0.6) is 0 Å². The molecule has 1 aromatic rings. The number of sulfonamides is 1. The van der Waals surface area contributed by atoms with Gasteiger partial charge in [-0.1, -0.05) is 19.9 Å². The molecule has 1 saturated carbocycles. The van der Waals surface area contributed by atoms with Crippen LogP contribution in [0, 0.1) is 12.3 Å². The SMILES string of the molecule is Cc1ccc(S(=O)(=O)NC2CCC(C)(C)C2)cc1N.